The first-order valence-corrected chi connectivity index (χ1v) is 11.7. The molecule has 5 atom stereocenters. The number of likely N-dealkylation sites (tertiary alicyclic amines) is 1. The summed E-state index contributed by atoms with van der Waals surface area (Å²) in [6.07, 6.45) is 6.27. The molecule has 2 aromatic rings. The van der Waals surface area contributed by atoms with Gasteiger partial charge in [-0.2, -0.15) is 10.2 Å². The quantitative estimate of drug-likeness (QED) is 0.633. The van der Waals surface area contributed by atoms with Crippen LogP contribution in [0.4, 0.5) is 0 Å². The number of carbonyl (C=O) groups is 3. The molecule has 0 bridgehead atoms. The Hall–Kier alpha value is -2.62. The van der Waals surface area contributed by atoms with E-state index in [0.29, 0.717) is 17.9 Å². The highest BCUT2D eigenvalue weighted by Gasteiger charge is 2.53. The van der Waals surface area contributed by atoms with Crippen molar-refractivity contribution in [2.45, 2.75) is 49.2 Å². The van der Waals surface area contributed by atoms with Crippen LogP contribution in [0.15, 0.2) is 35.0 Å². The normalized spacial score (nSPS) is 29.7. The van der Waals surface area contributed by atoms with Crippen LogP contribution in [0.3, 0.4) is 0 Å². The lowest BCUT2D eigenvalue weighted by Crippen LogP contribution is -2.52. The van der Waals surface area contributed by atoms with Crippen molar-refractivity contribution in [3.63, 3.8) is 0 Å². The van der Waals surface area contributed by atoms with Gasteiger partial charge in [-0.1, -0.05) is 12.8 Å². The number of amides is 1. The number of nitrogens with one attached hydrogen (secondary N) is 1. The highest BCUT2D eigenvalue weighted by molar-refractivity contribution is 6.22. The van der Waals surface area contributed by atoms with Gasteiger partial charge in [0.15, 0.2) is 17.3 Å². The van der Waals surface area contributed by atoms with Gasteiger partial charge in [0.1, 0.15) is 12.4 Å². The van der Waals surface area contributed by atoms with E-state index in [1.807, 2.05) is 0 Å². The largest absolute Gasteiger partial charge is 0.451 e. The number of rotatable bonds is 6. The number of ketones is 2. The molecule has 10 heteroatoms. The molecule has 1 saturated carbocycles. The minimum Gasteiger partial charge on any atom is -0.451 e. The van der Waals surface area contributed by atoms with Crippen LogP contribution in [0.5, 0.6) is 0 Å². The Morgan fingerprint density at radius 2 is 2.03 bits per heavy atom. The first-order chi connectivity index (χ1) is 16.0. The van der Waals surface area contributed by atoms with Crippen LogP contribution in [0, 0.1) is 5.92 Å². The number of hydrogen-bond donors (Lipinski definition) is 1. The number of aromatic nitrogens is 2. The minimum absolute atomic E-state index is 0.0336. The number of halogens is 1. The Bertz CT molecular complexity index is 1040. The minimum atomic E-state index is -0.453. The third-order valence-electron chi connectivity index (χ3n) is 6.85. The van der Waals surface area contributed by atoms with Crippen molar-refractivity contribution in [1.82, 2.24) is 20.4 Å². The molecule has 1 N–H and O–H groups in total. The summed E-state index contributed by atoms with van der Waals surface area (Å²) in [5, 5.41) is 9.95. The molecule has 33 heavy (non-hydrogen) atoms. The maximum absolute atomic E-state index is 13.1. The van der Waals surface area contributed by atoms with Gasteiger partial charge in [0.25, 0.3) is 5.91 Å². The summed E-state index contributed by atoms with van der Waals surface area (Å²) in [7, 11) is 0. The molecule has 0 aromatic carbocycles. The molecule has 3 fully saturated rings. The van der Waals surface area contributed by atoms with Gasteiger partial charge in [-0.15, -0.1) is 11.6 Å². The summed E-state index contributed by atoms with van der Waals surface area (Å²) in [5.74, 6) is -0.104. The number of Topliss-reactive ketones (excluding diaryl/α,β-unsaturated/α-hetero) is 2. The molecule has 9 nitrogen and oxygen atoms in total. The average molecular weight is 473 g/mol. The van der Waals surface area contributed by atoms with Crippen LogP contribution in [0.25, 0.3) is 11.3 Å². The molecular weight excluding hydrogens is 448 g/mol. The maximum Gasteiger partial charge on any atom is 0.287 e. The van der Waals surface area contributed by atoms with Gasteiger partial charge < -0.3 is 14.5 Å². The second-order valence-electron chi connectivity index (χ2n) is 8.80. The Kier molecular flexibility index (Phi) is 6.27. The standard InChI is InChI=1S/C23H25ClN4O5/c24-15-11-28(21-18(30)12-32-22(15)21)16-4-2-1-3-14(16)17(29)10-25-23(31)20-6-5-19(33-20)13-7-8-26-27-9-13/h5-9,14-16,21-22H,1-4,10-12H2,(H,25,31)/t14?,15-,16?,21+,22+/m0/s1. The first kappa shape index (κ1) is 22.2. The van der Waals surface area contributed by atoms with E-state index < -0.39 is 5.91 Å². The van der Waals surface area contributed by atoms with E-state index in [9.17, 15) is 14.4 Å². The molecule has 1 aliphatic carbocycles. The van der Waals surface area contributed by atoms with Crippen molar-refractivity contribution >= 4 is 29.1 Å². The Morgan fingerprint density at radius 3 is 2.85 bits per heavy atom. The summed E-state index contributed by atoms with van der Waals surface area (Å²) in [6.45, 7) is 0.517. The van der Waals surface area contributed by atoms with Gasteiger partial charge in [-0.05, 0) is 31.0 Å². The first-order valence-electron chi connectivity index (χ1n) is 11.2. The molecule has 4 heterocycles. The molecule has 3 aliphatic rings. The zero-order valence-electron chi connectivity index (χ0n) is 18.0. The second-order valence-corrected chi connectivity index (χ2v) is 9.36. The Balaban J connectivity index is 1.23. The maximum atomic E-state index is 13.1. The molecule has 5 rings (SSSR count). The van der Waals surface area contributed by atoms with Gasteiger partial charge in [0, 0.05) is 24.1 Å². The van der Waals surface area contributed by atoms with Crippen LogP contribution >= 0.6 is 11.6 Å². The van der Waals surface area contributed by atoms with Crippen LogP contribution in [-0.4, -0.2) is 75.8 Å². The van der Waals surface area contributed by atoms with Gasteiger partial charge in [0.05, 0.1) is 36.5 Å². The van der Waals surface area contributed by atoms with Crippen molar-refractivity contribution in [2.24, 2.45) is 5.92 Å². The summed E-state index contributed by atoms with van der Waals surface area (Å²) < 4.78 is 11.2. The SMILES string of the molecule is O=C(NCC(=O)C1CCCCC1N1C[C@H](Cl)[C@H]2OCC(=O)[C@H]21)c1ccc(-c2ccnnc2)o1. The molecular formula is C23H25ClN4O5. The number of alkyl halides is 1. The fourth-order valence-electron chi connectivity index (χ4n) is 5.30. The van der Waals surface area contributed by atoms with Gasteiger partial charge in [-0.3, -0.25) is 19.3 Å². The molecule has 2 aliphatic heterocycles. The van der Waals surface area contributed by atoms with Gasteiger partial charge in [-0.25, -0.2) is 0 Å². The third-order valence-corrected chi connectivity index (χ3v) is 7.24. The third kappa shape index (κ3) is 4.32. The zero-order chi connectivity index (χ0) is 22.9. The van der Waals surface area contributed by atoms with Crippen LogP contribution in [0.1, 0.15) is 36.2 Å². The predicted octanol–water partition coefficient (Wildman–Crippen LogP) is 1.85. The van der Waals surface area contributed by atoms with E-state index in [-0.39, 0.29) is 60.0 Å². The van der Waals surface area contributed by atoms with Crippen molar-refractivity contribution < 1.29 is 23.5 Å². The Morgan fingerprint density at radius 1 is 1.18 bits per heavy atom. The zero-order valence-corrected chi connectivity index (χ0v) is 18.7. The fraction of sp³-hybridized carbons (Fsp3) is 0.522. The van der Waals surface area contributed by atoms with E-state index in [2.05, 4.69) is 20.4 Å². The number of furan rings is 1. The van der Waals surface area contributed by atoms with E-state index in [1.165, 1.54) is 6.20 Å². The molecule has 2 saturated heterocycles. The molecule has 1 amide bonds. The average Bonchev–Trinajstić information content (AvgIpc) is 3.56. The molecule has 2 aromatic heterocycles. The molecule has 174 valence electrons. The van der Waals surface area contributed by atoms with Crippen LogP contribution in [0.2, 0.25) is 0 Å². The summed E-state index contributed by atoms with van der Waals surface area (Å²) in [5.41, 5.74) is 0.706. The van der Waals surface area contributed by atoms with Crippen molar-refractivity contribution in [3.8, 4) is 11.3 Å². The van der Waals surface area contributed by atoms with Crippen molar-refractivity contribution in [1.29, 1.82) is 0 Å². The lowest BCUT2D eigenvalue weighted by Gasteiger charge is -2.39. The van der Waals surface area contributed by atoms with E-state index in [1.54, 1.807) is 24.4 Å². The fourth-order valence-corrected chi connectivity index (χ4v) is 5.67. The highest BCUT2D eigenvalue weighted by atomic mass is 35.5. The van der Waals surface area contributed by atoms with Crippen LogP contribution in [-0.2, 0) is 14.3 Å². The summed E-state index contributed by atoms with van der Waals surface area (Å²) >= 11 is 6.46. The summed E-state index contributed by atoms with van der Waals surface area (Å²) in [4.78, 5) is 40.2. The van der Waals surface area contributed by atoms with Gasteiger partial charge in [0.2, 0.25) is 0 Å². The number of carbonyl (C=O) groups excluding carboxylic acids is 3. The van der Waals surface area contributed by atoms with Gasteiger partial charge >= 0.3 is 0 Å². The topological polar surface area (TPSA) is 115 Å². The van der Waals surface area contributed by atoms with E-state index in [4.69, 9.17) is 20.8 Å². The van der Waals surface area contributed by atoms with Crippen molar-refractivity contribution in [3.05, 3.63) is 36.4 Å². The monoisotopic (exact) mass is 472 g/mol. The molecule has 2 unspecified atom stereocenters. The molecule has 0 spiro atoms. The summed E-state index contributed by atoms with van der Waals surface area (Å²) in [6, 6.07) is 4.53. The molecule has 0 radical (unpaired) electrons. The van der Waals surface area contributed by atoms with Crippen LogP contribution < -0.4 is 5.32 Å². The smallest absolute Gasteiger partial charge is 0.287 e. The predicted molar refractivity (Wildman–Crippen MR) is 118 cm³/mol. The number of fused-ring (bicyclic) bond motifs is 1. The van der Waals surface area contributed by atoms with Crippen molar-refractivity contribution in [2.75, 3.05) is 19.7 Å². The number of hydrogen-bond acceptors (Lipinski definition) is 8. The number of ether oxygens (including phenoxy) is 1. The number of nitrogens with zero attached hydrogens (tertiary/aromatic N) is 3. The van der Waals surface area contributed by atoms with E-state index >= 15 is 0 Å². The lowest BCUT2D eigenvalue weighted by atomic mass is 9.80. The lowest BCUT2D eigenvalue weighted by molar-refractivity contribution is -0.128. The Labute approximate surface area is 195 Å². The highest BCUT2D eigenvalue weighted by Crippen LogP contribution is 2.38. The second kappa shape index (κ2) is 9.32. The van der Waals surface area contributed by atoms with E-state index in [0.717, 1.165) is 25.7 Å².